The second kappa shape index (κ2) is 7.40. The molecule has 5 nitrogen and oxygen atoms in total. The second-order valence-electron chi connectivity index (χ2n) is 5.41. The molecule has 0 atom stereocenters. The minimum Gasteiger partial charge on any atom is -0.326 e. The van der Waals surface area contributed by atoms with Crippen molar-refractivity contribution in [2.24, 2.45) is 0 Å². The normalized spacial score (nSPS) is 11.1. The van der Waals surface area contributed by atoms with E-state index < -0.39 is 9.84 Å². The van der Waals surface area contributed by atoms with Crippen LogP contribution in [0.5, 0.6) is 0 Å². The summed E-state index contributed by atoms with van der Waals surface area (Å²) in [6.45, 7) is 3.07. The van der Waals surface area contributed by atoms with E-state index in [0.717, 1.165) is 5.56 Å². The van der Waals surface area contributed by atoms with Crippen molar-refractivity contribution in [3.05, 3.63) is 59.7 Å². The lowest BCUT2D eigenvalue weighted by molar-refractivity contribution is -0.115. The summed E-state index contributed by atoms with van der Waals surface area (Å²) in [5.41, 5.74) is 1.92. The molecule has 24 heavy (non-hydrogen) atoms. The van der Waals surface area contributed by atoms with Crippen molar-refractivity contribution in [3.63, 3.8) is 0 Å². The fourth-order valence-corrected chi connectivity index (χ4v) is 3.04. The van der Waals surface area contributed by atoms with E-state index in [4.69, 9.17) is 0 Å². The van der Waals surface area contributed by atoms with E-state index >= 15 is 0 Å². The third-order valence-electron chi connectivity index (χ3n) is 3.60. The Labute approximate surface area is 141 Å². The summed E-state index contributed by atoms with van der Waals surface area (Å²) in [4.78, 5) is 23.5. The summed E-state index contributed by atoms with van der Waals surface area (Å²) < 4.78 is 23.5. The van der Waals surface area contributed by atoms with Crippen LogP contribution in [0.1, 0.15) is 29.8 Å². The van der Waals surface area contributed by atoms with E-state index in [2.05, 4.69) is 5.32 Å². The maximum absolute atomic E-state index is 12.0. The van der Waals surface area contributed by atoms with Gasteiger partial charge in [0.2, 0.25) is 5.91 Å². The van der Waals surface area contributed by atoms with Crippen molar-refractivity contribution in [1.29, 1.82) is 0 Å². The van der Waals surface area contributed by atoms with Crippen molar-refractivity contribution in [1.82, 2.24) is 0 Å². The van der Waals surface area contributed by atoms with Gasteiger partial charge in [0, 0.05) is 11.3 Å². The summed E-state index contributed by atoms with van der Waals surface area (Å²) in [6.07, 6.45) is 0.140. The first-order valence-electron chi connectivity index (χ1n) is 7.54. The van der Waals surface area contributed by atoms with Crippen molar-refractivity contribution in [3.8, 4) is 0 Å². The van der Waals surface area contributed by atoms with E-state index in [1.54, 1.807) is 43.3 Å². The van der Waals surface area contributed by atoms with Crippen LogP contribution in [-0.2, 0) is 21.1 Å². The number of rotatable bonds is 6. The summed E-state index contributed by atoms with van der Waals surface area (Å²) in [5.74, 6) is -0.199. The number of hydrogen-bond donors (Lipinski definition) is 1. The van der Waals surface area contributed by atoms with Crippen LogP contribution in [0.3, 0.4) is 0 Å². The summed E-state index contributed by atoms with van der Waals surface area (Å²) in [5, 5.41) is 2.74. The van der Waals surface area contributed by atoms with E-state index in [1.807, 2.05) is 0 Å². The smallest absolute Gasteiger partial charge is 0.228 e. The molecule has 0 aliphatic heterocycles. The summed E-state index contributed by atoms with van der Waals surface area (Å²) in [7, 11) is -3.23. The first-order valence-corrected chi connectivity index (χ1v) is 9.19. The Bertz CT molecular complexity index is 838. The largest absolute Gasteiger partial charge is 0.326 e. The van der Waals surface area contributed by atoms with Gasteiger partial charge < -0.3 is 5.32 Å². The van der Waals surface area contributed by atoms with Gasteiger partial charge in [-0.2, -0.15) is 0 Å². The molecule has 2 aromatic rings. The van der Waals surface area contributed by atoms with Gasteiger partial charge in [0.25, 0.3) is 0 Å². The Morgan fingerprint density at radius 1 is 0.958 bits per heavy atom. The Hall–Kier alpha value is -2.47. The van der Waals surface area contributed by atoms with Crippen LogP contribution in [0, 0.1) is 0 Å². The number of Topliss-reactive ketones (excluding diaryl/α,β-unsaturated/α-hetero) is 1. The average Bonchev–Trinajstić information content (AvgIpc) is 2.55. The summed E-state index contributed by atoms with van der Waals surface area (Å²) >= 11 is 0. The van der Waals surface area contributed by atoms with Gasteiger partial charge in [-0.15, -0.1) is 0 Å². The third kappa shape index (κ3) is 4.52. The molecule has 0 saturated heterocycles. The number of amides is 1. The molecule has 0 fully saturated rings. The second-order valence-corrected chi connectivity index (χ2v) is 7.68. The number of nitrogens with one attached hydrogen (secondary N) is 1. The lowest BCUT2D eigenvalue weighted by Crippen LogP contribution is -2.14. The van der Waals surface area contributed by atoms with Gasteiger partial charge in [0.1, 0.15) is 0 Å². The van der Waals surface area contributed by atoms with Crippen LogP contribution >= 0.6 is 0 Å². The van der Waals surface area contributed by atoms with Crippen molar-refractivity contribution in [2.45, 2.75) is 25.2 Å². The molecule has 2 rings (SSSR count). The lowest BCUT2D eigenvalue weighted by Gasteiger charge is -2.07. The highest BCUT2D eigenvalue weighted by molar-refractivity contribution is 7.91. The Morgan fingerprint density at radius 2 is 1.54 bits per heavy atom. The van der Waals surface area contributed by atoms with E-state index in [-0.39, 0.29) is 28.8 Å². The average molecular weight is 345 g/mol. The van der Waals surface area contributed by atoms with Crippen LogP contribution < -0.4 is 5.32 Å². The van der Waals surface area contributed by atoms with Gasteiger partial charge in [-0.05, 0) is 48.9 Å². The highest BCUT2D eigenvalue weighted by Crippen LogP contribution is 2.14. The monoisotopic (exact) mass is 345 g/mol. The molecule has 0 bridgehead atoms. The third-order valence-corrected chi connectivity index (χ3v) is 5.35. The maximum atomic E-state index is 12.0. The molecule has 0 aliphatic rings. The van der Waals surface area contributed by atoms with Gasteiger partial charge in [0.15, 0.2) is 15.6 Å². The molecule has 0 unspecified atom stereocenters. The molecular formula is C18H19NO4S. The fourth-order valence-electron chi connectivity index (χ4n) is 2.16. The van der Waals surface area contributed by atoms with Crippen LogP contribution in [-0.4, -0.2) is 25.9 Å². The molecule has 0 aromatic heterocycles. The van der Waals surface area contributed by atoms with Gasteiger partial charge in [-0.25, -0.2) is 8.42 Å². The maximum Gasteiger partial charge on any atom is 0.228 e. The molecule has 0 radical (unpaired) electrons. The van der Waals surface area contributed by atoms with Crippen molar-refractivity contribution >= 4 is 27.2 Å². The topological polar surface area (TPSA) is 80.3 Å². The predicted octanol–water partition coefficient (Wildman–Crippen LogP) is 2.86. The molecule has 0 heterocycles. The Balaban J connectivity index is 2.00. The zero-order chi connectivity index (χ0) is 17.7. The molecule has 1 N–H and O–H groups in total. The number of sulfone groups is 1. The Morgan fingerprint density at radius 3 is 2.04 bits per heavy atom. The van der Waals surface area contributed by atoms with Crippen LogP contribution in [0.15, 0.2) is 53.4 Å². The zero-order valence-corrected chi connectivity index (χ0v) is 14.4. The first-order chi connectivity index (χ1) is 11.3. The van der Waals surface area contributed by atoms with Crippen LogP contribution in [0.2, 0.25) is 0 Å². The number of anilines is 1. The molecule has 0 aliphatic carbocycles. The van der Waals surface area contributed by atoms with E-state index in [9.17, 15) is 18.0 Å². The minimum absolute atomic E-state index is 0.0324. The number of ketones is 1. The molecule has 6 heteroatoms. The quantitative estimate of drug-likeness (QED) is 0.816. The fraction of sp³-hybridized carbons (Fsp3) is 0.222. The van der Waals surface area contributed by atoms with Gasteiger partial charge in [0.05, 0.1) is 17.1 Å². The molecule has 0 saturated carbocycles. The SMILES string of the molecule is CCS(=O)(=O)c1ccc(CC(=O)Nc2ccc(C(C)=O)cc2)cc1. The number of benzene rings is 2. The van der Waals surface area contributed by atoms with Crippen molar-refractivity contribution < 1.29 is 18.0 Å². The highest BCUT2D eigenvalue weighted by atomic mass is 32.2. The summed E-state index contributed by atoms with van der Waals surface area (Å²) in [6, 6.07) is 13.0. The lowest BCUT2D eigenvalue weighted by atomic mass is 10.1. The number of hydrogen-bond acceptors (Lipinski definition) is 4. The number of carbonyl (C=O) groups is 2. The Kier molecular flexibility index (Phi) is 5.51. The van der Waals surface area contributed by atoms with Gasteiger partial charge in [-0.3, -0.25) is 9.59 Å². The first kappa shape index (κ1) is 17.9. The van der Waals surface area contributed by atoms with Crippen LogP contribution in [0.25, 0.3) is 0 Å². The standard InChI is InChI=1S/C18H19NO4S/c1-3-24(22,23)17-10-4-14(5-11-17)12-18(21)19-16-8-6-15(7-9-16)13(2)20/h4-11H,3,12H2,1-2H3,(H,19,21). The van der Waals surface area contributed by atoms with Gasteiger partial charge in [-0.1, -0.05) is 19.1 Å². The molecule has 126 valence electrons. The van der Waals surface area contributed by atoms with E-state index in [1.165, 1.54) is 19.1 Å². The minimum atomic E-state index is -3.23. The highest BCUT2D eigenvalue weighted by Gasteiger charge is 2.11. The number of carbonyl (C=O) groups excluding carboxylic acids is 2. The van der Waals surface area contributed by atoms with E-state index in [0.29, 0.717) is 11.3 Å². The van der Waals surface area contributed by atoms with Gasteiger partial charge >= 0.3 is 0 Å². The zero-order valence-electron chi connectivity index (χ0n) is 13.6. The molecule has 0 spiro atoms. The molecule has 1 amide bonds. The van der Waals surface area contributed by atoms with Crippen molar-refractivity contribution in [2.75, 3.05) is 11.1 Å². The molecule has 2 aromatic carbocycles. The predicted molar refractivity (Wildman–Crippen MR) is 92.9 cm³/mol. The van der Waals surface area contributed by atoms with Crippen LogP contribution in [0.4, 0.5) is 5.69 Å². The molecular weight excluding hydrogens is 326 g/mol.